The molecular formula is C25H35IN4O2. The molecule has 1 saturated carbocycles. The molecule has 174 valence electrons. The smallest absolute Gasteiger partial charge is 0.255 e. The Labute approximate surface area is 208 Å². The number of ether oxygens (including phenoxy) is 1. The van der Waals surface area contributed by atoms with E-state index in [1.54, 1.807) is 0 Å². The fourth-order valence-electron chi connectivity index (χ4n) is 4.19. The van der Waals surface area contributed by atoms with Crippen LogP contribution in [0.5, 0.6) is 5.75 Å². The molecule has 4 N–H and O–H groups in total. The second-order valence-corrected chi connectivity index (χ2v) is 8.12. The van der Waals surface area contributed by atoms with Crippen molar-refractivity contribution in [1.29, 1.82) is 0 Å². The van der Waals surface area contributed by atoms with Crippen LogP contribution < -0.4 is 21.1 Å². The predicted molar refractivity (Wildman–Crippen MR) is 141 cm³/mol. The van der Waals surface area contributed by atoms with Gasteiger partial charge in [-0.15, -0.1) is 24.0 Å². The van der Waals surface area contributed by atoms with Crippen LogP contribution in [0.25, 0.3) is 0 Å². The number of nitrogens with one attached hydrogen (secondary N) is 2. The van der Waals surface area contributed by atoms with E-state index in [0.717, 1.165) is 32.0 Å². The number of primary amides is 1. The van der Waals surface area contributed by atoms with Crippen molar-refractivity contribution in [3.05, 3.63) is 65.7 Å². The number of benzene rings is 2. The first-order chi connectivity index (χ1) is 15.1. The normalized spacial score (nSPS) is 15.0. The SMILES string of the molecule is CCNC(=NCC1(c2ccccc2)CCCC1)NCCc1ccc(OCC(N)=O)cc1.I. The second-order valence-electron chi connectivity index (χ2n) is 8.12. The summed E-state index contributed by atoms with van der Waals surface area (Å²) in [7, 11) is 0. The van der Waals surface area contributed by atoms with Crippen LogP contribution in [0.2, 0.25) is 0 Å². The molecule has 2 aromatic rings. The molecule has 0 saturated heterocycles. The number of carbonyl (C=O) groups is 1. The van der Waals surface area contributed by atoms with Crippen molar-refractivity contribution >= 4 is 35.8 Å². The molecule has 0 heterocycles. The molecular weight excluding hydrogens is 515 g/mol. The third-order valence-corrected chi connectivity index (χ3v) is 5.84. The minimum absolute atomic E-state index is 0. The molecule has 0 bridgehead atoms. The molecule has 0 spiro atoms. The van der Waals surface area contributed by atoms with Gasteiger partial charge in [0.2, 0.25) is 0 Å². The van der Waals surface area contributed by atoms with Crippen molar-refractivity contribution in [2.24, 2.45) is 10.7 Å². The molecule has 2 aromatic carbocycles. The lowest BCUT2D eigenvalue weighted by atomic mass is 9.79. The van der Waals surface area contributed by atoms with Gasteiger partial charge in [-0.25, -0.2) is 0 Å². The molecule has 1 amide bonds. The molecule has 1 fully saturated rings. The van der Waals surface area contributed by atoms with Crippen molar-refractivity contribution in [1.82, 2.24) is 10.6 Å². The molecule has 0 radical (unpaired) electrons. The van der Waals surface area contributed by atoms with E-state index >= 15 is 0 Å². The zero-order valence-corrected chi connectivity index (χ0v) is 21.1. The lowest BCUT2D eigenvalue weighted by Crippen LogP contribution is -2.39. The summed E-state index contributed by atoms with van der Waals surface area (Å²) in [5.41, 5.74) is 7.86. The van der Waals surface area contributed by atoms with Gasteiger partial charge in [0.1, 0.15) is 5.75 Å². The Morgan fingerprint density at radius 2 is 1.75 bits per heavy atom. The molecule has 0 atom stereocenters. The number of halogens is 1. The Bertz CT molecular complexity index is 850. The molecule has 0 aliphatic heterocycles. The Balaban J connectivity index is 0.00000363. The fourth-order valence-corrected chi connectivity index (χ4v) is 4.19. The number of hydrogen-bond donors (Lipinski definition) is 3. The predicted octanol–water partition coefficient (Wildman–Crippen LogP) is 3.78. The van der Waals surface area contributed by atoms with Gasteiger partial charge >= 0.3 is 0 Å². The molecule has 1 aliphatic rings. The summed E-state index contributed by atoms with van der Waals surface area (Å²) in [4.78, 5) is 15.8. The number of rotatable bonds is 10. The van der Waals surface area contributed by atoms with Crippen molar-refractivity contribution < 1.29 is 9.53 Å². The standard InChI is InChI=1S/C25H34N4O2.HI/c1-2-27-24(28-17-14-20-10-12-22(13-11-20)31-18-23(26)30)29-19-25(15-6-7-16-25)21-8-4-3-5-9-21;/h3-5,8-13H,2,6-7,14-19H2,1H3,(H2,26,30)(H2,27,28,29);1H. The van der Waals surface area contributed by atoms with Crippen LogP contribution in [0.4, 0.5) is 0 Å². The van der Waals surface area contributed by atoms with Gasteiger partial charge in [-0.2, -0.15) is 0 Å². The summed E-state index contributed by atoms with van der Waals surface area (Å²) in [6.45, 7) is 4.40. The van der Waals surface area contributed by atoms with Gasteiger partial charge in [-0.05, 0) is 49.4 Å². The number of guanidine groups is 1. The lowest BCUT2D eigenvalue weighted by Gasteiger charge is -2.28. The summed E-state index contributed by atoms with van der Waals surface area (Å²) in [6.07, 6.45) is 5.81. The Morgan fingerprint density at radius 1 is 1.06 bits per heavy atom. The van der Waals surface area contributed by atoms with Crippen molar-refractivity contribution in [3.8, 4) is 5.75 Å². The van der Waals surface area contributed by atoms with E-state index in [4.69, 9.17) is 15.5 Å². The van der Waals surface area contributed by atoms with Gasteiger partial charge in [0.25, 0.3) is 5.91 Å². The first kappa shape index (κ1) is 26.0. The van der Waals surface area contributed by atoms with E-state index in [1.165, 1.54) is 36.8 Å². The maximum absolute atomic E-state index is 10.8. The van der Waals surface area contributed by atoms with Gasteiger partial charge in [0.05, 0.1) is 6.54 Å². The van der Waals surface area contributed by atoms with Gasteiger partial charge in [0, 0.05) is 18.5 Å². The molecule has 6 nitrogen and oxygen atoms in total. The van der Waals surface area contributed by atoms with Crippen LogP contribution in [0.15, 0.2) is 59.6 Å². The number of nitrogens with two attached hydrogens (primary N) is 1. The number of nitrogens with zero attached hydrogens (tertiary/aromatic N) is 1. The molecule has 0 unspecified atom stereocenters. The van der Waals surface area contributed by atoms with Crippen LogP contribution in [-0.2, 0) is 16.6 Å². The maximum atomic E-state index is 10.8. The average molecular weight is 550 g/mol. The average Bonchev–Trinajstić information content (AvgIpc) is 3.28. The Hall–Kier alpha value is -2.29. The van der Waals surface area contributed by atoms with E-state index < -0.39 is 5.91 Å². The molecule has 1 aliphatic carbocycles. The van der Waals surface area contributed by atoms with Gasteiger partial charge in [-0.3, -0.25) is 9.79 Å². The van der Waals surface area contributed by atoms with E-state index in [2.05, 4.69) is 47.9 Å². The van der Waals surface area contributed by atoms with Crippen molar-refractivity contribution in [2.75, 3.05) is 26.2 Å². The third kappa shape index (κ3) is 7.69. The monoisotopic (exact) mass is 550 g/mol. The zero-order valence-electron chi connectivity index (χ0n) is 18.8. The first-order valence-corrected chi connectivity index (χ1v) is 11.2. The minimum Gasteiger partial charge on any atom is -0.484 e. The lowest BCUT2D eigenvalue weighted by molar-refractivity contribution is -0.119. The Kier molecular flexibility index (Phi) is 10.8. The van der Waals surface area contributed by atoms with Gasteiger partial charge in [0.15, 0.2) is 12.6 Å². The van der Waals surface area contributed by atoms with E-state index in [0.29, 0.717) is 5.75 Å². The first-order valence-electron chi connectivity index (χ1n) is 11.2. The highest BCUT2D eigenvalue weighted by atomic mass is 127. The molecule has 0 aromatic heterocycles. The summed E-state index contributed by atoms with van der Waals surface area (Å²) in [5, 5.41) is 6.84. The number of amides is 1. The highest BCUT2D eigenvalue weighted by molar-refractivity contribution is 14.0. The fraction of sp³-hybridized carbons (Fsp3) is 0.440. The van der Waals surface area contributed by atoms with Crippen LogP contribution >= 0.6 is 24.0 Å². The van der Waals surface area contributed by atoms with Gasteiger partial charge in [-0.1, -0.05) is 55.3 Å². The third-order valence-electron chi connectivity index (χ3n) is 5.84. The highest BCUT2D eigenvalue weighted by Gasteiger charge is 2.35. The summed E-state index contributed by atoms with van der Waals surface area (Å²) in [5.74, 6) is 1.04. The zero-order chi connectivity index (χ0) is 21.9. The summed E-state index contributed by atoms with van der Waals surface area (Å²) < 4.78 is 5.30. The van der Waals surface area contributed by atoms with Crippen LogP contribution in [0.3, 0.4) is 0 Å². The van der Waals surface area contributed by atoms with Crippen LogP contribution in [0, 0.1) is 0 Å². The van der Waals surface area contributed by atoms with Crippen LogP contribution in [0.1, 0.15) is 43.7 Å². The highest BCUT2D eigenvalue weighted by Crippen LogP contribution is 2.41. The second kappa shape index (κ2) is 13.3. The summed E-state index contributed by atoms with van der Waals surface area (Å²) in [6, 6.07) is 18.6. The molecule has 32 heavy (non-hydrogen) atoms. The summed E-state index contributed by atoms with van der Waals surface area (Å²) >= 11 is 0. The molecule has 7 heteroatoms. The Morgan fingerprint density at radius 3 is 2.38 bits per heavy atom. The van der Waals surface area contributed by atoms with Crippen molar-refractivity contribution in [3.63, 3.8) is 0 Å². The van der Waals surface area contributed by atoms with Crippen molar-refractivity contribution in [2.45, 2.75) is 44.4 Å². The number of hydrogen-bond acceptors (Lipinski definition) is 3. The number of aliphatic imine (C=N–C) groups is 1. The van der Waals surface area contributed by atoms with Crippen LogP contribution in [-0.4, -0.2) is 38.1 Å². The van der Waals surface area contributed by atoms with E-state index in [9.17, 15) is 4.79 Å². The minimum atomic E-state index is -0.477. The van der Waals surface area contributed by atoms with Gasteiger partial charge < -0.3 is 21.1 Å². The molecule has 3 rings (SSSR count). The largest absolute Gasteiger partial charge is 0.484 e. The topological polar surface area (TPSA) is 88.7 Å². The quantitative estimate of drug-likeness (QED) is 0.239. The number of carbonyl (C=O) groups excluding carboxylic acids is 1. The van der Waals surface area contributed by atoms with E-state index in [-0.39, 0.29) is 36.0 Å². The van der Waals surface area contributed by atoms with E-state index in [1.807, 2.05) is 24.3 Å². The maximum Gasteiger partial charge on any atom is 0.255 e.